The third-order valence-electron chi connectivity index (χ3n) is 5.74. The first kappa shape index (κ1) is 23.6. The van der Waals surface area contributed by atoms with Crippen LogP contribution in [0.4, 0.5) is 29.5 Å². The molecule has 7 nitrogen and oxygen atoms in total. The highest BCUT2D eigenvalue weighted by Gasteiger charge is 2.35. The minimum Gasteiger partial charge on any atom is -0.490 e. The van der Waals surface area contributed by atoms with Crippen molar-refractivity contribution in [3.8, 4) is 5.75 Å². The Hall–Kier alpha value is -3.09. The molecule has 0 atom stereocenters. The Bertz CT molecular complexity index is 1370. The van der Waals surface area contributed by atoms with Gasteiger partial charge in [0.05, 0.1) is 33.5 Å². The first-order chi connectivity index (χ1) is 16.7. The molecule has 12 heteroatoms. The summed E-state index contributed by atoms with van der Waals surface area (Å²) < 4.78 is 75.5. The van der Waals surface area contributed by atoms with Gasteiger partial charge in [0, 0.05) is 24.7 Å². The van der Waals surface area contributed by atoms with Gasteiger partial charge in [-0.1, -0.05) is 6.08 Å². The molecule has 1 aromatic heterocycles. The maximum Gasteiger partial charge on any atom is 0.416 e. The molecule has 3 heterocycles. The molecule has 5 rings (SSSR count). The molecular weight excluding hydrogens is 501 g/mol. The molecule has 3 aromatic rings. The maximum atomic E-state index is 14.0. The molecule has 0 saturated carbocycles. The lowest BCUT2D eigenvalue weighted by Gasteiger charge is -2.28. The molecule has 2 aromatic carbocycles. The Balaban J connectivity index is 1.70. The van der Waals surface area contributed by atoms with Crippen molar-refractivity contribution in [2.45, 2.75) is 17.5 Å². The lowest BCUT2D eigenvalue weighted by Crippen LogP contribution is -2.28. The van der Waals surface area contributed by atoms with Gasteiger partial charge in [0.1, 0.15) is 17.4 Å². The van der Waals surface area contributed by atoms with Crippen molar-refractivity contribution in [1.82, 2.24) is 10.3 Å². The maximum absolute atomic E-state index is 14.0. The van der Waals surface area contributed by atoms with Crippen LogP contribution in [-0.4, -0.2) is 39.6 Å². The van der Waals surface area contributed by atoms with Crippen molar-refractivity contribution >= 4 is 43.3 Å². The van der Waals surface area contributed by atoms with E-state index in [0.29, 0.717) is 49.7 Å². The van der Waals surface area contributed by atoms with Gasteiger partial charge in [0.15, 0.2) is 0 Å². The van der Waals surface area contributed by atoms with E-state index in [1.807, 2.05) is 0 Å². The van der Waals surface area contributed by atoms with E-state index in [1.165, 1.54) is 29.9 Å². The van der Waals surface area contributed by atoms with E-state index < -0.39 is 21.8 Å². The number of sulfonamides is 1. The molecule has 2 aliphatic rings. The number of hydrogen-bond donors (Lipinski definition) is 2. The minimum absolute atomic E-state index is 0.0431. The van der Waals surface area contributed by atoms with E-state index >= 15 is 0 Å². The van der Waals surface area contributed by atoms with Crippen LogP contribution in [0.2, 0.25) is 0 Å². The van der Waals surface area contributed by atoms with Crippen molar-refractivity contribution in [3.05, 3.63) is 65.3 Å². The van der Waals surface area contributed by atoms with Crippen molar-refractivity contribution in [3.63, 3.8) is 0 Å². The van der Waals surface area contributed by atoms with Crippen molar-refractivity contribution < 1.29 is 26.3 Å². The van der Waals surface area contributed by atoms with E-state index in [4.69, 9.17) is 4.74 Å². The fraction of sp³-hybridized carbons (Fsp3) is 0.261. The number of hydrogen-bond acceptors (Lipinski definition) is 7. The van der Waals surface area contributed by atoms with Crippen LogP contribution in [0.5, 0.6) is 5.75 Å². The van der Waals surface area contributed by atoms with Crippen LogP contribution in [0.15, 0.2) is 59.1 Å². The predicted molar refractivity (Wildman–Crippen MR) is 129 cm³/mol. The summed E-state index contributed by atoms with van der Waals surface area (Å²) in [7, 11) is -4.25. The van der Waals surface area contributed by atoms with Gasteiger partial charge in [0.2, 0.25) is 0 Å². The lowest BCUT2D eigenvalue weighted by molar-refractivity contribution is -0.137. The molecule has 0 bridgehead atoms. The quantitative estimate of drug-likeness (QED) is 0.498. The average molecular weight is 523 g/mol. The molecule has 0 aliphatic carbocycles. The SMILES string of the molecule is O=S(=O)(c1ccc2c(c1)OCCN2)N(c1cncs1)c1ccc(C(F)(F)F)cc1C1=CCNCC1. The zero-order valence-electron chi connectivity index (χ0n) is 18.3. The molecular formula is C23H21F3N4O3S2. The Morgan fingerprint density at radius 1 is 1.11 bits per heavy atom. The van der Waals surface area contributed by atoms with Crippen LogP contribution in [0, 0.1) is 0 Å². The molecule has 2 N–H and O–H groups in total. The van der Waals surface area contributed by atoms with E-state index in [0.717, 1.165) is 27.8 Å². The molecule has 35 heavy (non-hydrogen) atoms. The molecule has 2 aliphatic heterocycles. The smallest absolute Gasteiger partial charge is 0.416 e. The summed E-state index contributed by atoms with van der Waals surface area (Å²) in [4.78, 5) is 3.98. The van der Waals surface area contributed by atoms with E-state index in [9.17, 15) is 21.6 Å². The first-order valence-corrected chi connectivity index (χ1v) is 13.1. The summed E-state index contributed by atoms with van der Waals surface area (Å²) in [6.45, 7) is 2.04. The second-order valence-electron chi connectivity index (χ2n) is 7.96. The van der Waals surface area contributed by atoms with Gasteiger partial charge in [-0.2, -0.15) is 13.2 Å². The van der Waals surface area contributed by atoms with Gasteiger partial charge in [-0.15, -0.1) is 11.3 Å². The minimum atomic E-state index is -4.57. The predicted octanol–water partition coefficient (Wildman–Crippen LogP) is 4.87. The fourth-order valence-electron chi connectivity index (χ4n) is 4.07. The number of benzene rings is 2. The highest BCUT2D eigenvalue weighted by atomic mass is 32.2. The first-order valence-electron chi connectivity index (χ1n) is 10.8. The van der Waals surface area contributed by atoms with Crippen LogP contribution >= 0.6 is 11.3 Å². The average Bonchev–Trinajstić information content (AvgIpc) is 3.38. The van der Waals surface area contributed by atoms with Crippen LogP contribution in [0.3, 0.4) is 0 Å². The van der Waals surface area contributed by atoms with Crippen molar-refractivity contribution in [2.24, 2.45) is 0 Å². The second kappa shape index (κ2) is 9.17. The van der Waals surface area contributed by atoms with Gasteiger partial charge in [0.25, 0.3) is 10.0 Å². The Morgan fingerprint density at radius 3 is 2.69 bits per heavy atom. The molecule has 184 valence electrons. The summed E-state index contributed by atoms with van der Waals surface area (Å²) >= 11 is 1.08. The number of rotatable bonds is 5. The highest BCUT2D eigenvalue weighted by molar-refractivity contribution is 7.93. The molecule has 0 radical (unpaired) electrons. The number of alkyl halides is 3. The van der Waals surface area contributed by atoms with Gasteiger partial charge in [-0.25, -0.2) is 12.7 Å². The lowest BCUT2D eigenvalue weighted by atomic mass is 9.96. The standard InChI is InChI=1S/C23H21F3N4O3S2/c24-23(25,26)16-1-4-20(18(11-16)15-5-7-27-8-6-15)30(22-13-28-14-34-22)35(31,32)17-2-3-19-21(12-17)33-10-9-29-19/h1-5,11-14,27,29H,6-10H2. The zero-order valence-corrected chi connectivity index (χ0v) is 19.9. The monoisotopic (exact) mass is 522 g/mol. The Kier molecular flexibility index (Phi) is 6.20. The number of nitrogens with one attached hydrogen (secondary N) is 2. The summed E-state index contributed by atoms with van der Waals surface area (Å²) in [5.41, 5.74) is 2.31. The summed E-state index contributed by atoms with van der Waals surface area (Å²) in [6.07, 6.45) is -0.934. The molecule has 0 spiro atoms. The van der Waals surface area contributed by atoms with E-state index in [1.54, 1.807) is 12.1 Å². The Labute approximate surface area is 204 Å². The third-order valence-corrected chi connectivity index (χ3v) is 8.33. The number of fused-ring (bicyclic) bond motifs is 1. The molecule has 0 saturated heterocycles. The third kappa shape index (κ3) is 4.60. The number of nitrogens with zero attached hydrogens (tertiary/aromatic N) is 2. The van der Waals surface area contributed by atoms with E-state index in [2.05, 4.69) is 15.6 Å². The van der Waals surface area contributed by atoms with Gasteiger partial charge in [-0.05, 0) is 48.9 Å². The molecule has 0 fully saturated rings. The van der Waals surface area contributed by atoms with E-state index in [-0.39, 0.29) is 21.1 Å². The summed E-state index contributed by atoms with van der Waals surface area (Å²) in [5, 5.41) is 6.53. The van der Waals surface area contributed by atoms with Gasteiger partial charge >= 0.3 is 6.18 Å². The second-order valence-corrected chi connectivity index (χ2v) is 10.6. The molecule has 0 unspecified atom stereocenters. The number of ether oxygens (including phenoxy) is 1. The number of halogens is 3. The largest absolute Gasteiger partial charge is 0.490 e. The number of anilines is 3. The topological polar surface area (TPSA) is 83.6 Å². The highest BCUT2D eigenvalue weighted by Crippen LogP contribution is 2.43. The fourth-order valence-corrected chi connectivity index (χ4v) is 6.45. The van der Waals surface area contributed by atoms with Gasteiger partial charge < -0.3 is 15.4 Å². The number of aromatic nitrogens is 1. The Morgan fingerprint density at radius 2 is 1.97 bits per heavy atom. The summed E-state index contributed by atoms with van der Waals surface area (Å²) in [6, 6.07) is 7.65. The van der Waals surface area contributed by atoms with Crippen LogP contribution < -0.4 is 19.7 Å². The number of thiazole rings is 1. The molecule has 0 amide bonds. The van der Waals surface area contributed by atoms with Crippen molar-refractivity contribution in [1.29, 1.82) is 0 Å². The van der Waals surface area contributed by atoms with Gasteiger partial charge in [-0.3, -0.25) is 4.98 Å². The van der Waals surface area contributed by atoms with Crippen LogP contribution in [0.1, 0.15) is 17.5 Å². The normalized spacial score (nSPS) is 16.0. The van der Waals surface area contributed by atoms with Crippen LogP contribution in [0.25, 0.3) is 5.57 Å². The van der Waals surface area contributed by atoms with Crippen molar-refractivity contribution in [2.75, 3.05) is 35.9 Å². The van der Waals surface area contributed by atoms with Crippen LogP contribution in [-0.2, 0) is 16.2 Å². The summed E-state index contributed by atoms with van der Waals surface area (Å²) in [5.74, 6) is 0.398. The zero-order chi connectivity index (χ0) is 24.6.